The van der Waals surface area contributed by atoms with E-state index in [-0.39, 0.29) is 11.6 Å². The highest BCUT2D eigenvalue weighted by Crippen LogP contribution is 2.24. The lowest BCUT2D eigenvalue weighted by Gasteiger charge is -2.23. The molecular formula is C22H20N2O3. The van der Waals surface area contributed by atoms with E-state index < -0.39 is 4.92 Å². The van der Waals surface area contributed by atoms with E-state index in [1.807, 2.05) is 61.5 Å². The summed E-state index contributed by atoms with van der Waals surface area (Å²) in [5.74, 6) is -0.272. The van der Waals surface area contributed by atoms with E-state index in [0.717, 1.165) is 16.8 Å². The van der Waals surface area contributed by atoms with Gasteiger partial charge in [0.15, 0.2) is 0 Å². The smallest absolute Gasteiger partial charge is 0.273 e. The molecular weight excluding hydrogens is 340 g/mol. The molecule has 0 N–H and O–H groups in total. The number of nitrogens with zero attached hydrogens (tertiary/aromatic N) is 2. The minimum absolute atomic E-state index is 0.0515. The van der Waals surface area contributed by atoms with Crippen molar-refractivity contribution in [2.45, 2.75) is 20.4 Å². The summed E-state index contributed by atoms with van der Waals surface area (Å²) in [6, 6.07) is 21.9. The normalized spacial score (nSPS) is 10.4. The Balaban J connectivity index is 2.01. The van der Waals surface area contributed by atoms with Crippen molar-refractivity contribution in [3.05, 3.63) is 105 Å². The Morgan fingerprint density at radius 1 is 0.963 bits per heavy atom. The highest BCUT2D eigenvalue weighted by Gasteiger charge is 2.21. The molecule has 0 spiro atoms. The third-order valence-electron chi connectivity index (χ3n) is 4.43. The van der Waals surface area contributed by atoms with Gasteiger partial charge in [-0.25, -0.2) is 0 Å². The van der Waals surface area contributed by atoms with Crippen LogP contribution in [-0.2, 0) is 6.54 Å². The van der Waals surface area contributed by atoms with Gasteiger partial charge in [-0.3, -0.25) is 14.9 Å². The predicted octanol–water partition coefficient (Wildman–Crippen LogP) is 5.06. The number of amides is 1. The zero-order valence-corrected chi connectivity index (χ0v) is 15.3. The highest BCUT2D eigenvalue weighted by atomic mass is 16.6. The summed E-state index contributed by atoms with van der Waals surface area (Å²) in [7, 11) is 0. The highest BCUT2D eigenvalue weighted by molar-refractivity contribution is 6.06. The van der Waals surface area contributed by atoms with Gasteiger partial charge in [0.1, 0.15) is 0 Å². The molecule has 0 radical (unpaired) electrons. The molecule has 0 heterocycles. The molecule has 136 valence electrons. The van der Waals surface area contributed by atoms with Gasteiger partial charge in [0.05, 0.1) is 11.5 Å². The molecule has 5 heteroatoms. The molecule has 5 nitrogen and oxygen atoms in total. The van der Waals surface area contributed by atoms with Gasteiger partial charge in [-0.05, 0) is 37.6 Å². The topological polar surface area (TPSA) is 63.5 Å². The van der Waals surface area contributed by atoms with E-state index >= 15 is 0 Å². The fraction of sp³-hybridized carbons (Fsp3) is 0.136. The standard InChI is InChI=1S/C22H20N2O3/c1-16-8-12-20(13-9-16)23(15-18-6-4-3-5-7-18)22(25)19-11-10-17(2)21(14-19)24(26)27/h3-14H,15H2,1-2H3. The molecule has 0 saturated heterocycles. The van der Waals surface area contributed by atoms with E-state index in [4.69, 9.17) is 0 Å². The number of rotatable bonds is 5. The third-order valence-corrected chi connectivity index (χ3v) is 4.43. The lowest BCUT2D eigenvalue weighted by atomic mass is 10.1. The molecule has 3 rings (SSSR count). The first kappa shape index (κ1) is 18.3. The average Bonchev–Trinajstić information content (AvgIpc) is 2.67. The number of carbonyl (C=O) groups excluding carboxylic acids is 1. The number of nitro benzene ring substituents is 1. The Morgan fingerprint density at radius 3 is 2.26 bits per heavy atom. The summed E-state index contributed by atoms with van der Waals surface area (Å²) in [5.41, 5.74) is 3.59. The minimum atomic E-state index is -0.459. The monoisotopic (exact) mass is 360 g/mol. The van der Waals surface area contributed by atoms with Crippen LogP contribution in [0.3, 0.4) is 0 Å². The second-order valence-corrected chi connectivity index (χ2v) is 6.47. The van der Waals surface area contributed by atoms with Crippen molar-refractivity contribution in [3.8, 4) is 0 Å². The lowest BCUT2D eigenvalue weighted by molar-refractivity contribution is -0.385. The van der Waals surface area contributed by atoms with E-state index in [0.29, 0.717) is 17.7 Å². The first-order valence-electron chi connectivity index (χ1n) is 8.63. The maximum atomic E-state index is 13.2. The average molecular weight is 360 g/mol. The number of hydrogen-bond acceptors (Lipinski definition) is 3. The van der Waals surface area contributed by atoms with Crippen molar-refractivity contribution in [2.75, 3.05) is 4.90 Å². The SMILES string of the molecule is Cc1ccc(N(Cc2ccccc2)C(=O)c2ccc(C)c([N+](=O)[O-])c2)cc1. The summed E-state index contributed by atoms with van der Waals surface area (Å²) in [6.45, 7) is 4.02. The van der Waals surface area contributed by atoms with Crippen LogP contribution in [0.5, 0.6) is 0 Å². The van der Waals surface area contributed by atoms with Crippen LogP contribution in [0.15, 0.2) is 72.8 Å². The van der Waals surface area contributed by atoms with Gasteiger partial charge >= 0.3 is 0 Å². The molecule has 0 bridgehead atoms. The summed E-state index contributed by atoms with van der Waals surface area (Å²) in [4.78, 5) is 25.7. The summed E-state index contributed by atoms with van der Waals surface area (Å²) < 4.78 is 0. The zero-order valence-electron chi connectivity index (χ0n) is 15.3. The second-order valence-electron chi connectivity index (χ2n) is 6.47. The van der Waals surface area contributed by atoms with E-state index in [9.17, 15) is 14.9 Å². The Bertz CT molecular complexity index is 967. The Morgan fingerprint density at radius 2 is 1.63 bits per heavy atom. The number of aryl methyl sites for hydroxylation is 2. The second kappa shape index (κ2) is 7.83. The van der Waals surface area contributed by atoms with Crippen molar-refractivity contribution in [1.82, 2.24) is 0 Å². The summed E-state index contributed by atoms with van der Waals surface area (Å²) in [6.07, 6.45) is 0. The van der Waals surface area contributed by atoms with Crippen molar-refractivity contribution >= 4 is 17.3 Å². The predicted molar refractivity (Wildman–Crippen MR) is 106 cm³/mol. The van der Waals surface area contributed by atoms with Crippen molar-refractivity contribution < 1.29 is 9.72 Å². The maximum Gasteiger partial charge on any atom is 0.273 e. The molecule has 0 fully saturated rings. The number of anilines is 1. The van der Waals surface area contributed by atoms with Crippen LogP contribution in [0.1, 0.15) is 27.0 Å². The first-order chi connectivity index (χ1) is 13.0. The molecule has 0 aromatic heterocycles. The van der Waals surface area contributed by atoms with Gasteiger partial charge < -0.3 is 4.90 Å². The van der Waals surface area contributed by atoms with Crippen LogP contribution in [0, 0.1) is 24.0 Å². The van der Waals surface area contributed by atoms with Crippen LogP contribution in [-0.4, -0.2) is 10.8 Å². The number of hydrogen-bond donors (Lipinski definition) is 0. The Labute approximate surface area is 158 Å². The van der Waals surface area contributed by atoms with Gasteiger partial charge in [0.25, 0.3) is 11.6 Å². The maximum absolute atomic E-state index is 13.2. The van der Waals surface area contributed by atoms with Crippen molar-refractivity contribution in [1.29, 1.82) is 0 Å². The van der Waals surface area contributed by atoms with Crippen LogP contribution >= 0.6 is 0 Å². The van der Waals surface area contributed by atoms with Gasteiger partial charge in [0.2, 0.25) is 0 Å². The quantitative estimate of drug-likeness (QED) is 0.472. The van der Waals surface area contributed by atoms with E-state index in [2.05, 4.69) is 0 Å². The molecule has 1 amide bonds. The van der Waals surface area contributed by atoms with Crippen molar-refractivity contribution in [3.63, 3.8) is 0 Å². The number of benzene rings is 3. The van der Waals surface area contributed by atoms with Gasteiger partial charge in [-0.1, -0.05) is 54.1 Å². The first-order valence-corrected chi connectivity index (χ1v) is 8.63. The van der Waals surface area contributed by atoms with Crippen LogP contribution in [0.4, 0.5) is 11.4 Å². The fourth-order valence-corrected chi connectivity index (χ4v) is 2.87. The van der Waals surface area contributed by atoms with Crippen LogP contribution in [0.25, 0.3) is 0 Å². The summed E-state index contributed by atoms with van der Waals surface area (Å²) >= 11 is 0. The van der Waals surface area contributed by atoms with E-state index in [1.165, 1.54) is 6.07 Å². The molecule has 0 unspecified atom stereocenters. The molecule has 0 aliphatic rings. The number of nitro groups is 1. The molecule has 0 atom stereocenters. The third kappa shape index (κ3) is 4.20. The van der Waals surface area contributed by atoms with Gasteiger partial charge in [0, 0.05) is 22.9 Å². The van der Waals surface area contributed by atoms with Gasteiger partial charge in [-0.2, -0.15) is 0 Å². The number of carbonyl (C=O) groups is 1. The lowest BCUT2D eigenvalue weighted by Crippen LogP contribution is -2.30. The Hall–Kier alpha value is -3.47. The van der Waals surface area contributed by atoms with Crippen molar-refractivity contribution in [2.24, 2.45) is 0 Å². The van der Waals surface area contributed by atoms with Gasteiger partial charge in [-0.15, -0.1) is 0 Å². The molecule has 0 aliphatic carbocycles. The van der Waals surface area contributed by atoms with E-state index in [1.54, 1.807) is 24.0 Å². The minimum Gasteiger partial charge on any atom is -0.304 e. The van der Waals surface area contributed by atoms with Crippen LogP contribution in [0.2, 0.25) is 0 Å². The molecule has 3 aromatic carbocycles. The Kier molecular flexibility index (Phi) is 5.31. The zero-order chi connectivity index (χ0) is 19.4. The molecule has 0 saturated carbocycles. The fourth-order valence-electron chi connectivity index (χ4n) is 2.87. The molecule has 27 heavy (non-hydrogen) atoms. The van der Waals surface area contributed by atoms with Crippen LogP contribution < -0.4 is 4.90 Å². The molecule has 3 aromatic rings. The molecule has 0 aliphatic heterocycles. The largest absolute Gasteiger partial charge is 0.304 e. The summed E-state index contributed by atoms with van der Waals surface area (Å²) in [5, 5.41) is 11.2.